The van der Waals surface area contributed by atoms with Crippen molar-refractivity contribution in [3.05, 3.63) is 73.6 Å². The number of rotatable bonds is 7. The van der Waals surface area contributed by atoms with Gasteiger partial charge in [-0.3, -0.25) is 19.3 Å². The first-order valence-corrected chi connectivity index (χ1v) is 13.3. The molecule has 2 heterocycles. The number of carbonyl (C=O) groups excluding carboxylic acids is 3. The number of imide groups is 1. The minimum atomic E-state index is -0.312. The number of amides is 3. The zero-order valence-electron chi connectivity index (χ0n) is 18.8. The maximum absolute atomic E-state index is 13.1. The predicted octanol–water partition coefficient (Wildman–Crippen LogP) is 6.27. The minimum absolute atomic E-state index is 0.0335. The van der Waals surface area contributed by atoms with Gasteiger partial charge in [0, 0.05) is 44.7 Å². The third-order valence-corrected chi connectivity index (χ3v) is 7.64. The number of hydrogen-bond donors (Lipinski definition) is 0. The third kappa shape index (κ3) is 5.16. The molecular formula is C25H23Br2N3O3S. The van der Waals surface area contributed by atoms with Gasteiger partial charge in [-0.05, 0) is 67.6 Å². The molecule has 9 heteroatoms. The number of halogens is 2. The highest BCUT2D eigenvalue weighted by Gasteiger charge is 2.35. The first-order valence-electron chi connectivity index (χ1n) is 10.9. The van der Waals surface area contributed by atoms with Gasteiger partial charge < -0.3 is 9.47 Å². The van der Waals surface area contributed by atoms with Crippen molar-refractivity contribution in [1.29, 1.82) is 0 Å². The fraction of sp³-hybridized carbons (Fsp3) is 0.240. The first kappa shape index (κ1) is 24.8. The van der Waals surface area contributed by atoms with E-state index in [1.165, 1.54) is 4.90 Å². The third-order valence-electron chi connectivity index (χ3n) is 5.71. The highest BCUT2D eigenvalue weighted by molar-refractivity contribution is 9.10. The second kappa shape index (κ2) is 10.5. The van der Waals surface area contributed by atoms with Crippen molar-refractivity contribution in [2.45, 2.75) is 26.9 Å². The number of nitrogens with zero attached hydrogens (tertiary/aromatic N) is 3. The summed E-state index contributed by atoms with van der Waals surface area (Å²) in [5.74, 6) is -0.278. The van der Waals surface area contributed by atoms with E-state index in [2.05, 4.69) is 31.9 Å². The summed E-state index contributed by atoms with van der Waals surface area (Å²) >= 11 is 7.85. The fourth-order valence-electron chi connectivity index (χ4n) is 3.91. The number of benzene rings is 2. The van der Waals surface area contributed by atoms with E-state index in [4.69, 9.17) is 0 Å². The smallest absolute Gasteiger partial charge is 0.293 e. The summed E-state index contributed by atoms with van der Waals surface area (Å²) in [6.07, 6.45) is 3.63. The SMILES string of the molecule is CCN(CC)C(=O)Cn1cc(/C=C2\SC(=O)N(Cc3ccc(Br)cc3)C2=O)c2cc(Br)ccc21. The van der Waals surface area contributed by atoms with Gasteiger partial charge in [0.15, 0.2) is 0 Å². The number of hydrogen-bond acceptors (Lipinski definition) is 4. The molecular weight excluding hydrogens is 582 g/mol. The highest BCUT2D eigenvalue weighted by atomic mass is 79.9. The molecule has 0 unspecified atom stereocenters. The molecule has 0 bridgehead atoms. The molecule has 34 heavy (non-hydrogen) atoms. The zero-order valence-corrected chi connectivity index (χ0v) is 22.7. The molecule has 176 valence electrons. The molecule has 1 aliphatic heterocycles. The topological polar surface area (TPSA) is 62.6 Å². The van der Waals surface area contributed by atoms with Crippen LogP contribution in [0.3, 0.4) is 0 Å². The van der Waals surface area contributed by atoms with Gasteiger partial charge >= 0.3 is 0 Å². The number of likely N-dealkylation sites (N-methyl/N-ethyl adjacent to an activating group) is 1. The zero-order chi connectivity index (χ0) is 24.4. The van der Waals surface area contributed by atoms with E-state index in [9.17, 15) is 14.4 Å². The van der Waals surface area contributed by atoms with Crippen molar-refractivity contribution in [2.24, 2.45) is 0 Å². The van der Waals surface area contributed by atoms with Crippen LogP contribution in [0, 0.1) is 0 Å². The van der Waals surface area contributed by atoms with Crippen molar-refractivity contribution in [3.8, 4) is 0 Å². The van der Waals surface area contributed by atoms with Crippen LogP contribution < -0.4 is 0 Å². The van der Waals surface area contributed by atoms with Gasteiger partial charge in [-0.15, -0.1) is 0 Å². The largest absolute Gasteiger partial charge is 0.342 e. The van der Waals surface area contributed by atoms with Crippen LogP contribution in [0.1, 0.15) is 25.0 Å². The maximum Gasteiger partial charge on any atom is 0.293 e. The van der Waals surface area contributed by atoms with E-state index in [1.807, 2.05) is 67.1 Å². The van der Waals surface area contributed by atoms with Crippen molar-refractivity contribution in [2.75, 3.05) is 13.1 Å². The second-order valence-corrected chi connectivity index (χ2v) is 10.7. The Morgan fingerprint density at radius 1 is 1.03 bits per heavy atom. The number of carbonyl (C=O) groups is 3. The molecule has 0 radical (unpaired) electrons. The summed E-state index contributed by atoms with van der Waals surface area (Å²) in [6, 6.07) is 13.4. The molecule has 1 aliphatic rings. The highest BCUT2D eigenvalue weighted by Crippen LogP contribution is 2.35. The molecule has 3 amide bonds. The first-order chi connectivity index (χ1) is 16.3. The fourth-order valence-corrected chi connectivity index (χ4v) is 5.37. The maximum atomic E-state index is 13.1. The number of aromatic nitrogens is 1. The Labute approximate surface area is 219 Å². The summed E-state index contributed by atoms with van der Waals surface area (Å²) in [5, 5.41) is 0.613. The average molecular weight is 605 g/mol. The van der Waals surface area contributed by atoms with E-state index in [-0.39, 0.29) is 30.1 Å². The van der Waals surface area contributed by atoms with Crippen molar-refractivity contribution >= 4 is 77.7 Å². The van der Waals surface area contributed by atoms with Gasteiger partial charge in [0.1, 0.15) is 6.54 Å². The van der Waals surface area contributed by atoms with Crippen LogP contribution in [0.2, 0.25) is 0 Å². The lowest BCUT2D eigenvalue weighted by molar-refractivity contribution is -0.131. The molecule has 1 fully saturated rings. The summed E-state index contributed by atoms with van der Waals surface area (Å²) in [5.41, 5.74) is 2.56. The summed E-state index contributed by atoms with van der Waals surface area (Å²) in [7, 11) is 0. The van der Waals surface area contributed by atoms with Crippen LogP contribution in [0.15, 0.2) is 62.5 Å². The summed E-state index contributed by atoms with van der Waals surface area (Å²) in [6.45, 7) is 5.65. The minimum Gasteiger partial charge on any atom is -0.342 e. The molecule has 3 aromatic rings. The van der Waals surface area contributed by atoms with E-state index < -0.39 is 0 Å². The second-order valence-electron chi connectivity index (χ2n) is 7.83. The van der Waals surface area contributed by atoms with Crippen LogP contribution in [0.5, 0.6) is 0 Å². The summed E-state index contributed by atoms with van der Waals surface area (Å²) in [4.78, 5) is 41.9. The lowest BCUT2D eigenvalue weighted by Gasteiger charge is -2.19. The Kier molecular flexibility index (Phi) is 7.64. The predicted molar refractivity (Wildman–Crippen MR) is 143 cm³/mol. The Bertz CT molecular complexity index is 1300. The molecule has 0 atom stereocenters. The Balaban J connectivity index is 1.65. The van der Waals surface area contributed by atoms with E-state index in [0.29, 0.717) is 18.0 Å². The van der Waals surface area contributed by atoms with E-state index in [0.717, 1.165) is 42.7 Å². The van der Waals surface area contributed by atoms with Crippen molar-refractivity contribution in [1.82, 2.24) is 14.4 Å². The lowest BCUT2D eigenvalue weighted by atomic mass is 10.1. The summed E-state index contributed by atoms with van der Waals surface area (Å²) < 4.78 is 3.73. The molecule has 0 saturated carbocycles. The van der Waals surface area contributed by atoms with Crippen LogP contribution in [0.4, 0.5) is 4.79 Å². The van der Waals surface area contributed by atoms with Crippen LogP contribution in [0.25, 0.3) is 17.0 Å². The van der Waals surface area contributed by atoms with Gasteiger partial charge in [0.2, 0.25) is 5.91 Å². The van der Waals surface area contributed by atoms with Gasteiger partial charge in [0.05, 0.1) is 11.4 Å². The lowest BCUT2D eigenvalue weighted by Crippen LogP contribution is -2.33. The average Bonchev–Trinajstić information content (AvgIpc) is 3.27. The van der Waals surface area contributed by atoms with Gasteiger partial charge in [-0.25, -0.2) is 0 Å². The van der Waals surface area contributed by atoms with Crippen molar-refractivity contribution in [3.63, 3.8) is 0 Å². The monoisotopic (exact) mass is 603 g/mol. The molecule has 1 aromatic heterocycles. The Hall–Kier alpha value is -2.36. The molecule has 2 aromatic carbocycles. The molecule has 4 rings (SSSR count). The molecule has 6 nitrogen and oxygen atoms in total. The molecule has 0 N–H and O–H groups in total. The number of thioether (sulfide) groups is 1. The normalized spacial score (nSPS) is 15.1. The van der Waals surface area contributed by atoms with Crippen LogP contribution in [-0.2, 0) is 22.7 Å². The van der Waals surface area contributed by atoms with Crippen molar-refractivity contribution < 1.29 is 14.4 Å². The molecule has 0 spiro atoms. The van der Waals surface area contributed by atoms with E-state index in [1.54, 1.807) is 11.0 Å². The van der Waals surface area contributed by atoms with Crippen LogP contribution >= 0.6 is 43.6 Å². The van der Waals surface area contributed by atoms with Gasteiger partial charge in [-0.2, -0.15) is 0 Å². The Morgan fingerprint density at radius 3 is 2.38 bits per heavy atom. The molecule has 1 saturated heterocycles. The number of fused-ring (bicyclic) bond motifs is 1. The Morgan fingerprint density at radius 2 is 1.71 bits per heavy atom. The molecule has 0 aliphatic carbocycles. The quantitative estimate of drug-likeness (QED) is 0.298. The van der Waals surface area contributed by atoms with Crippen LogP contribution in [-0.4, -0.2) is 44.5 Å². The van der Waals surface area contributed by atoms with Gasteiger partial charge in [0.25, 0.3) is 11.1 Å². The van der Waals surface area contributed by atoms with Gasteiger partial charge in [-0.1, -0.05) is 44.0 Å². The standard InChI is InChI=1S/C25H23Br2N3O3S/c1-3-28(4-2)23(31)15-29-14-17(20-12-19(27)9-10-21(20)29)11-22-24(32)30(25(33)34-22)13-16-5-7-18(26)8-6-16/h5-12,14H,3-4,13,15H2,1-2H3/b22-11-. The van der Waals surface area contributed by atoms with E-state index >= 15 is 0 Å².